The average molecular weight is 652 g/mol. The van der Waals surface area contributed by atoms with E-state index in [0.29, 0.717) is 17.5 Å². The third-order valence-electron chi connectivity index (χ3n) is 9.74. The molecule has 0 bridgehead atoms. The quantitative estimate of drug-likeness (QED) is 0.186. The van der Waals surface area contributed by atoms with Crippen molar-refractivity contribution in [1.29, 1.82) is 0 Å². The lowest BCUT2D eigenvalue weighted by atomic mass is 9.92. The number of fused-ring (bicyclic) bond motifs is 5. The molecule has 10 rings (SSSR count). The summed E-state index contributed by atoms with van der Waals surface area (Å²) in [6.45, 7) is 0. The van der Waals surface area contributed by atoms with Crippen molar-refractivity contribution in [3.05, 3.63) is 176 Å². The minimum atomic E-state index is 0.559. The molecule has 0 amide bonds. The molecule has 0 fully saturated rings. The van der Waals surface area contributed by atoms with E-state index in [1.54, 1.807) is 0 Å². The maximum Gasteiger partial charge on any atom is 0.167 e. The second-order valence-electron chi connectivity index (χ2n) is 12.8. The van der Waals surface area contributed by atoms with Crippen LogP contribution in [-0.4, -0.2) is 15.0 Å². The van der Waals surface area contributed by atoms with Gasteiger partial charge >= 0.3 is 0 Å². The molecular weight excluding hydrogens is 623 g/mol. The van der Waals surface area contributed by atoms with Gasteiger partial charge in [0.1, 0.15) is 11.2 Å². The number of furan rings is 1. The number of para-hydroxylation sites is 2. The van der Waals surface area contributed by atoms with Crippen molar-refractivity contribution in [2.45, 2.75) is 0 Å². The number of hydrogen-bond donors (Lipinski definition) is 0. The second kappa shape index (κ2) is 11.9. The zero-order chi connectivity index (χ0) is 33.7. The lowest BCUT2D eigenvalue weighted by Crippen LogP contribution is -2.02. The summed E-state index contributed by atoms with van der Waals surface area (Å²) < 4.78 is 6.50. The van der Waals surface area contributed by atoms with Crippen LogP contribution < -0.4 is 0 Å². The summed E-state index contributed by atoms with van der Waals surface area (Å²) >= 11 is 0. The van der Waals surface area contributed by atoms with Crippen LogP contribution in [0.4, 0.5) is 0 Å². The SMILES string of the molecule is c1ccc(-c2ccc(-c3nc(-c4c(-c5ccc6ccccc6c5)ccc5ccccc45)nc(-c4cccc5c4oc4ccccc45)n3)cc2)cc1. The molecule has 0 aliphatic heterocycles. The highest BCUT2D eigenvalue weighted by Gasteiger charge is 2.21. The summed E-state index contributed by atoms with van der Waals surface area (Å²) in [5.74, 6) is 1.76. The summed E-state index contributed by atoms with van der Waals surface area (Å²) in [5, 5.41) is 6.67. The molecule has 4 heteroatoms. The van der Waals surface area contributed by atoms with Crippen molar-refractivity contribution >= 4 is 43.5 Å². The van der Waals surface area contributed by atoms with Gasteiger partial charge in [0.15, 0.2) is 17.5 Å². The van der Waals surface area contributed by atoms with Crippen LogP contribution in [0.3, 0.4) is 0 Å². The molecule has 51 heavy (non-hydrogen) atoms. The lowest BCUT2D eigenvalue weighted by Gasteiger charge is -2.15. The maximum absolute atomic E-state index is 6.50. The van der Waals surface area contributed by atoms with E-state index < -0.39 is 0 Å². The average Bonchev–Trinajstić information content (AvgIpc) is 3.59. The van der Waals surface area contributed by atoms with E-state index >= 15 is 0 Å². The van der Waals surface area contributed by atoms with Crippen LogP contribution in [-0.2, 0) is 0 Å². The highest BCUT2D eigenvalue weighted by molar-refractivity contribution is 6.09. The first-order chi connectivity index (χ1) is 25.3. The molecule has 2 aromatic heterocycles. The fraction of sp³-hybridized carbons (Fsp3) is 0. The van der Waals surface area contributed by atoms with Crippen molar-refractivity contribution < 1.29 is 4.42 Å². The summed E-state index contributed by atoms with van der Waals surface area (Å²) in [7, 11) is 0. The van der Waals surface area contributed by atoms with Gasteiger partial charge in [-0.1, -0.05) is 158 Å². The van der Waals surface area contributed by atoms with Crippen LogP contribution in [0.5, 0.6) is 0 Å². The molecule has 8 aromatic carbocycles. The number of nitrogens with zero attached hydrogens (tertiary/aromatic N) is 3. The molecule has 4 nitrogen and oxygen atoms in total. The fourth-order valence-corrected chi connectivity index (χ4v) is 7.21. The van der Waals surface area contributed by atoms with Gasteiger partial charge in [0.05, 0.1) is 5.56 Å². The van der Waals surface area contributed by atoms with Crippen LogP contribution in [0.15, 0.2) is 180 Å². The highest BCUT2D eigenvalue weighted by Crippen LogP contribution is 2.40. The van der Waals surface area contributed by atoms with Gasteiger partial charge < -0.3 is 4.42 Å². The molecule has 0 spiro atoms. The zero-order valence-corrected chi connectivity index (χ0v) is 27.5. The Kier molecular flexibility index (Phi) is 6.78. The molecule has 2 heterocycles. The van der Waals surface area contributed by atoms with Crippen molar-refractivity contribution in [3.63, 3.8) is 0 Å². The molecule has 0 aliphatic carbocycles. The molecule has 0 N–H and O–H groups in total. The molecule has 238 valence electrons. The smallest absolute Gasteiger partial charge is 0.167 e. The van der Waals surface area contributed by atoms with Gasteiger partial charge in [0, 0.05) is 21.9 Å². The summed E-state index contributed by atoms with van der Waals surface area (Å²) in [5.41, 5.74) is 8.74. The van der Waals surface area contributed by atoms with Gasteiger partial charge in [-0.15, -0.1) is 0 Å². The third kappa shape index (κ3) is 5.04. The van der Waals surface area contributed by atoms with Crippen LogP contribution >= 0.6 is 0 Å². The molecule has 10 aromatic rings. The van der Waals surface area contributed by atoms with Gasteiger partial charge in [-0.05, 0) is 62.0 Å². The largest absolute Gasteiger partial charge is 0.455 e. The van der Waals surface area contributed by atoms with E-state index in [2.05, 4.69) is 146 Å². The maximum atomic E-state index is 6.50. The fourth-order valence-electron chi connectivity index (χ4n) is 7.21. The Balaban J connectivity index is 1.24. The van der Waals surface area contributed by atoms with E-state index in [9.17, 15) is 0 Å². The summed E-state index contributed by atoms with van der Waals surface area (Å²) in [6, 6.07) is 61.1. The Hall–Kier alpha value is -6.91. The van der Waals surface area contributed by atoms with E-state index in [1.165, 1.54) is 10.8 Å². The normalized spacial score (nSPS) is 11.5. The highest BCUT2D eigenvalue weighted by atomic mass is 16.3. The van der Waals surface area contributed by atoms with E-state index in [1.807, 2.05) is 30.3 Å². The third-order valence-corrected chi connectivity index (χ3v) is 9.74. The molecule has 0 saturated carbocycles. The van der Waals surface area contributed by atoms with Crippen molar-refractivity contribution in [3.8, 4) is 56.4 Å². The minimum absolute atomic E-state index is 0.559. The molecule has 0 unspecified atom stereocenters. The van der Waals surface area contributed by atoms with Crippen LogP contribution in [0.2, 0.25) is 0 Å². The predicted octanol–water partition coefficient (Wildman–Crippen LogP) is 12.4. The molecular formula is C47H29N3O. The lowest BCUT2D eigenvalue weighted by molar-refractivity contribution is 0.669. The Morgan fingerprint density at radius 2 is 0.941 bits per heavy atom. The Bertz CT molecular complexity index is 2910. The molecule has 0 saturated heterocycles. The first kappa shape index (κ1) is 29.0. The van der Waals surface area contributed by atoms with Crippen LogP contribution in [0.25, 0.3) is 99.9 Å². The molecule has 0 aliphatic rings. The number of benzene rings is 8. The summed E-state index contributed by atoms with van der Waals surface area (Å²) in [6.07, 6.45) is 0. The Labute approximate surface area is 294 Å². The second-order valence-corrected chi connectivity index (χ2v) is 12.8. The first-order valence-corrected chi connectivity index (χ1v) is 17.1. The van der Waals surface area contributed by atoms with E-state index in [0.717, 1.165) is 71.7 Å². The number of rotatable bonds is 5. The monoisotopic (exact) mass is 651 g/mol. The minimum Gasteiger partial charge on any atom is -0.455 e. The topological polar surface area (TPSA) is 51.8 Å². The van der Waals surface area contributed by atoms with Gasteiger partial charge in [-0.3, -0.25) is 0 Å². The number of hydrogen-bond acceptors (Lipinski definition) is 4. The molecule has 0 atom stereocenters. The Morgan fingerprint density at radius 3 is 1.80 bits per heavy atom. The zero-order valence-electron chi connectivity index (χ0n) is 27.5. The number of aromatic nitrogens is 3. The van der Waals surface area contributed by atoms with E-state index in [4.69, 9.17) is 19.4 Å². The first-order valence-electron chi connectivity index (χ1n) is 17.1. The summed E-state index contributed by atoms with van der Waals surface area (Å²) in [4.78, 5) is 15.7. The van der Waals surface area contributed by atoms with Crippen molar-refractivity contribution in [2.24, 2.45) is 0 Å². The van der Waals surface area contributed by atoms with Gasteiger partial charge in [0.25, 0.3) is 0 Å². The van der Waals surface area contributed by atoms with Gasteiger partial charge in [0.2, 0.25) is 0 Å². The van der Waals surface area contributed by atoms with Gasteiger partial charge in [-0.2, -0.15) is 0 Å². The van der Waals surface area contributed by atoms with E-state index in [-0.39, 0.29) is 0 Å². The van der Waals surface area contributed by atoms with Crippen molar-refractivity contribution in [1.82, 2.24) is 15.0 Å². The predicted molar refractivity (Wildman–Crippen MR) is 209 cm³/mol. The molecule has 0 radical (unpaired) electrons. The van der Waals surface area contributed by atoms with Gasteiger partial charge in [-0.25, -0.2) is 15.0 Å². The van der Waals surface area contributed by atoms with Crippen LogP contribution in [0.1, 0.15) is 0 Å². The van der Waals surface area contributed by atoms with Crippen molar-refractivity contribution in [2.75, 3.05) is 0 Å². The van der Waals surface area contributed by atoms with Crippen LogP contribution in [0, 0.1) is 0 Å². The standard InChI is InChI=1S/C47H29N3O/c1-2-11-30(12-3-1)32-21-24-34(25-22-32)45-48-46(41-19-10-18-40-39-17-8-9-20-42(39)51-44(40)41)50-47(49-45)43-37-16-7-6-14-33(37)27-28-38(43)36-26-23-31-13-4-5-15-35(31)29-36/h1-29H. The Morgan fingerprint density at radius 1 is 0.333 bits per heavy atom.